The third-order valence-electron chi connectivity index (χ3n) is 6.75. The minimum absolute atomic E-state index is 0.195. The zero-order chi connectivity index (χ0) is 25.5. The molecular weight excluding hydrogens is 434 g/mol. The summed E-state index contributed by atoms with van der Waals surface area (Å²) in [5, 5.41) is 0. The Morgan fingerprint density at radius 2 is 1.46 bits per heavy atom. The number of quaternary nitrogens is 1. The molecule has 0 bridgehead atoms. The summed E-state index contributed by atoms with van der Waals surface area (Å²) >= 11 is 0. The molecule has 0 aliphatic rings. The number of aryl methyl sites for hydroxylation is 1. The molecule has 2 aromatic rings. The summed E-state index contributed by atoms with van der Waals surface area (Å²) in [6.45, 7) is 7.07. The molecule has 0 N–H and O–H groups in total. The van der Waals surface area contributed by atoms with Gasteiger partial charge in [0.2, 0.25) is 6.29 Å². The van der Waals surface area contributed by atoms with E-state index < -0.39 is 6.29 Å². The standard InChI is InChI=1S/C31H48NO3/c1-6-9-10-11-12-13-15-19-26-22-18-23-28(24-26)34-30(8-3)35-31(33)29(7-2)32(4,5)25-27-20-16-14-17-21-27/h14,16-18,20-24,29-30H,6-13,15,19,25H2,1-5H3/q+1. The van der Waals surface area contributed by atoms with E-state index in [1.54, 1.807) is 0 Å². The predicted octanol–water partition coefficient (Wildman–Crippen LogP) is 7.69. The summed E-state index contributed by atoms with van der Waals surface area (Å²) in [5.41, 5.74) is 2.49. The average molecular weight is 483 g/mol. The fourth-order valence-corrected chi connectivity index (χ4v) is 4.72. The summed E-state index contributed by atoms with van der Waals surface area (Å²) in [5.74, 6) is 0.579. The van der Waals surface area contributed by atoms with Crippen LogP contribution in [0.15, 0.2) is 54.6 Å². The highest BCUT2D eigenvalue weighted by molar-refractivity contribution is 5.74. The number of unbranched alkanes of at least 4 members (excludes halogenated alkanes) is 6. The van der Waals surface area contributed by atoms with Crippen LogP contribution in [0, 0.1) is 0 Å². The molecule has 4 heteroatoms. The molecule has 0 aliphatic carbocycles. The maximum Gasteiger partial charge on any atom is 0.368 e. The lowest BCUT2D eigenvalue weighted by Gasteiger charge is -2.36. The van der Waals surface area contributed by atoms with Gasteiger partial charge in [0.15, 0.2) is 6.04 Å². The summed E-state index contributed by atoms with van der Waals surface area (Å²) in [6, 6.07) is 18.3. The molecule has 35 heavy (non-hydrogen) atoms. The minimum atomic E-state index is -0.581. The Hall–Kier alpha value is -2.33. The first kappa shape index (κ1) is 28.9. The summed E-state index contributed by atoms with van der Waals surface area (Å²) in [7, 11) is 4.19. The quantitative estimate of drug-likeness (QED) is 0.100. The Morgan fingerprint density at radius 1 is 0.800 bits per heavy atom. The molecular formula is C31H48NO3+. The van der Waals surface area contributed by atoms with Crippen molar-refractivity contribution in [1.82, 2.24) is 0 Å². The van der Waals surface area contributed by atoms with Crippen LogP contribution >= 0.6 is 0 Å². The van der Waals surface area contributed by atoms with Gasteiger partial charge in [-0.05, 0) is 30.5 Å². The molecule has 0 aromatic heterocycles. The summed E-state index contributed by atoms with van der Waals surface area (Å²) in [6.07, 6.45) is 11.0. The maximum atomic E-state index is 13.2. The molecule has 0 saturated carbocycles. The molecule has 2 atom stereocenters. The molecule has 2 aromatic carbocycles. The Morgan fingerprint density at radius 3 is 2.11 bits per heavy atom. The minimum Gasteiger partial charge on any atom is -0.455 e. The Bertz CT molecular complexity index is 849. The number of benzene rings is 2. The van der Waals surface area contributed by atoms with Crippen LogP contribution in [0.4, 0.5) is 0 Å². The fourth-order valence-electron chi connectivity index (χ4n) is 4.72. The van der Waals surface area contributed by atoms with E-state index in [1.807, 2.05) is 44.2 Å². The van der Waals surface area contributed by atoms with Gasteiger partial charge in [0.05, 0.1) is 14.1 Å². The van der Waals surface area contributed by atoms with Crippen LogP contribution in [0.25, 0.3) is 0 Å². The second kappa shape index (κ2) is 15.6. The SMILES string of the molecule is CCCCCCCCCc1cccc(OC(CC)OC(=O)C(CC)[N+](C)(C)Cc2ccccc2)c1. The van der Waals surface area contributed by atoms with Crippen LogP contribution in [0.1, 0.15) is 89.7 Å². The lowest BCUT2D eigenvalue weighted by Crippen LogP contribution is -2.53. The number of carbonyl (C=O) groups excluding carboxylic acids is 1. The second-order valence-electron chi connectivity index (χ2n) is 10.3. The van der Waals surface area contributed by atoms with Gasteiger partial charge in [0, 0.05) is 18.4 Å². The number of ether oxygens (including phenoxy) is 2. The number of carbonyl (C=O) groups is 1. The molecule has 4 nitrogen and oxygen atoms in total. The molecule has 0 aliphatic heterocycles. The van der Waals surface area contributed by atoms with E-state index in [1.165, 1.54) is 56.1 Å². The smallest absolute Gasteiger partial charge is 0.368 e. The Labute approximate surface area is 214 Å². The molecule has 0 amide bonds. The summed E-state index contributed by atoms with van der Waals surface area (Å²) in [4.78, 5) is 13.2. The fraction of sp³-hybridized carbons (Fsp3) is 0.581. The topological polar surface area (TPSA) is 35.5 Å². The van der Waals surface area contributed by atoms with E-state index in [-0.39, 0.29) is 12.0 Å². The van der Waals surface area contributed by atoms with E-state index in [9.17, 15) is 4.79 Å². The lowest BCUT2D eigenvalue weighted by atomic mass is 10.0. The molecule has 0 saturated heterocycles. The van der Waals surface area contributed by atoms with Gasteiger partial charge in [-0.2, -0.15) is 0 Å². The van der Waals surface area contributed by atoms with Crippen LogP contribution < -0.4 is 4.74 Å². The highest BCUT2D eigenvalue weighted by Crippen LogP contribution is 2.22. The van der Waals surface area contributed by atoms with E-state index >= 15 is 0 Å². The van der Waals surface area contributed by atoms with Crippen molar-refractivity contribution in [3.63, 3.8) is 0 Å². The van der Waals surface area contributed by atoms with Gasteiger partial charge in [0.1, 0.15) is 12.3 Å². The van der Waals surface area contributed by atoms with Crippen LogP contribution in [0.2, 0.25) is 0 Å². The maximum absolute atomic E-state index is 13.2. The molecule has 2 rings (SSSR count). The number of esters is 1. The number of likely N-dealkylation sites (N-methyl/N-ethyl adjacent to an activating group) is 1. The summed E-state index contributed by atoms with van der Waals surface area (Å²) < 4.78 is 12.6. The van der Waals surface area contributed by atoms with Crippen molar-refractivity contribution >= 4 is 5.97 Å². The van der Waals surface area contributed by atoms with Gasteiger partial charge < -0.3 is 14.0 Å². The Kier molecular flexibility index (Phi) is 12.9. The molecule has 194 valence electrons. The zero-order valence-electron chi connectivity index (χ0n) is 22.8. The number of rotatable bonds is 17. The van der Waals surface area contributed by atoms with Gasteiger partial charge in [0.25, 0.3) is 0 Å². The van der Waals surface area contributed by atoms with Crippen molar-refractivity contribution in [2.24, 2.45) is 0 Å². The van der Waals surface area contributed by atoms with Crippen molar-refractivity contribution in [2.75, 3.05) is 14.1 Å². The largest absolute Gasteiger partial charge is 0.455 e. The first-order valence-corrected chi connectivity index (χ1v) is 13.7. The Balaban J connectivity index is 1.89. The lowest BCUT2D eigenvalue weighted by molar-refractivity contribution is -0.919. The highest BCUT2D eigenvalue weighted by Gasteiger charge is 2.36. The zero-order valence-corrected chi connectivity index (χ0v) is 22.8. The van der Waals surface area contributed by atoms with E-state index in [2.05, 4.69) is 45.3 Å². The average Bonchev–Trinajstić information content (AvgIpc) is 2.84. The van der Waals surface area contributed by atoms with Crippen LogP contribution in [0.5, 0.6) is 5.75 Å². The van der Waals surface area contributed by atoms with E-state index in [0.717, 1.165) is 18.7 Å². The monoisotopic (exact) mass is 482 g/mol. The van der Waals surface area contributed by atoms with Crippen molar-refractivity contribution in [3.8, 4) is 5.75 Å². The van der Waals surface area contributed by atoms with Crippen molar-refractivity contribution in [2.45, 2.75) is 104 Å². The van der Waals surface area contributed by atoms with E-state index in [4.69, 9.17) is 9.47 Å². The van der Waals surface area contributed by atoms with Crippen molar-refractivity contribution in [3.05, 3.63) is 65.7 Å². The van der Waals surface area contributed by atoms with Crippen LogP contribution in [-0.2, 0) is 22.5 Å². The molecule has 0 radical (unpaired) electrons. The van der Waals surface area contributed by atoms with Crippen molar-refractivity contribution < 1.29 is 18.8 Å². The molecule has 2 unspecified atom stereocenters. The number of hydrogen-bond donors (Lipinski definition) is 0. The number of nitrogens with zero attached hydrogens (tertiary/aromatic N) is 1. The first-order chi connectivity index (χ1) is 16.9. The number of hydrogen-bond acceptors (Lipinski definition) is 3. The molecule has 0 spiro atoms. The molecule has 0 heterocycles. The van der Waals surface area contributed by atoms with E-state index in [0.29, 0.717) is 17.3 Å². The van der Waals surface area contributed by atoms with Crippen LogP contribution in [0.3, 0.4) is 0 Å². The third kappa shape index (κ3) is 10.4. The van der Waals surface area contributed by atoms with Gasteiger partial charge in [-0.1, -0.05) is 102 Å². The van der Waals surface area contributed by atoms with Gasteiger partial charge in [-0.3, -0.25) is 0 Å². The second-order valence-corrected chi connectivity index (χ2v) is 10.3. The van der Waals surface area contributed by atoms with Gasteiger partial charge in [-0.15, -0.1) is 0 Å². The van der Waals surface area contributed by atoms with Crippen molar-refractivity contribution in [1.29, 1.82) is 0 Å². The van der Waals surface area contributed by atoms with Crippen LogP contribution in [-0.4, -0.2) is 36.9 Å². The first-order valence-electron chi connectivity index (χ1n) is 13.7. The predicted molar refractivity (Wildman–Crippen MR) is 145 cm³/mol. The normalized spacial score (nSPS) is 13.3. The molecule has 0 fully saturated rings. The van der Waals surface area contributed by atoms with Gasteiger partial charge in [-0.25, -0.2) is 4.79 Å². The van der Waals surface area contributed by atoms with Gasteiger partial charge >= 0.3 is 5.97 Å². The highest BCUT2D eigenvalue weighted by atomic mass is 16.7. The third-order valence-corrected chi connectivity index (χ3v) is 6.75.